The van der Waals surface area contributed by atoms with E-state index in [4.69, 9.17) is 10.9 Å². The van der Waals surface area contributed by atoms with Crippen LogP contribution in [-0.4, -0.2) is 35.4 Å². The fraction of sp³-hybridized carbons (Fsp3) is 0.750. The molecular weight excluding hydrogens is 170 g/mol. The second-order valence-corrected chi connectivity index (χ2v) is 3.44. The molecule has 0 saturated heterocycles. The summed E-state index contributed by atoms with van der Waals surface area (Å²) >= 11 is 0. The molecule has 0 aromatic heterocycles. The summed E-state index contributed by atoms with van der Waals surface area (Å²) in [5, 5.41) is 11.1. The lowest BCUT2D eigenvalue weighted by Gasteiger charge is -2.17. The Morgan fingerprint density at radius 2 is 2.15 bits per heavy atom. The summed E-state index contributed by atoms with van der Waals surface area (Å²) < 4.78 is 0. The average molecular weight is 187 g/mol. The molecule has 5 nitrogen and oxygen atoms in total. The zero-order valence-electron chi connectivity index (χ0n) is 8.32. The third kappa shape index (κ3) is 5.05. The molecule has 0 aromatic rings. The van der Waals surface area contributed by atoms with Crippen molar-refractivity contribution < 1.29 is 10.0 Å². The number of carbonyl (C=O) groups is 1. The molecule has 0 saturated carbocycles. The maximum atomic E-state index is 11.3. The molecule has 0 atom stereocenters. The predicted molar refractivity (Wildman–Crippen MR) is 50.5 cm³/mol. The number of amidine groups is 1. The van der Waals surface area contributed by atoms with Crippen LogP contribution in [0.1, 0.15) is 20.3 Å². The van der Waals surface area contributed by atoms with Gasteiger partial charge in [0, 0.05) is 13.5 Å². The molecule has 0 radical (unpaired) electrons. The molecular formula is C8H17N3O2. The minimum atomic E-state index is 0.00148. The Morgan fingerprint density at radius 1 is 1.62 bits per heavy atom. The van der Waals surface area contributed by atoms with Gasteiger partial charge in [-0.1, -0.05) is 19.0 Å². The Labute approximate surface area is 78.2 Å². The number of hydrogen-bond acceptors (Lipinski definition) is 3. The van der Waals surface area contributed by atoms with Gasteiger partial charge in [-0.2, -0.15) is 0 Å². The first kappa shape index (κ1) is 11.7. The van der Waals surface area contributed by atoms with E-state index in [1.165, 1.54) is 4.90 Å². The number of nitrogens with two attached hydrogens (primary N) is 1. The minimum absolute atomic E-state index is 0.00148. The molecule has 0 spiro atoms. The van der Waals surface area contributed by atoms with Gasteiger partial charge in [0.05, 0.1) is 6.54 Å². The Bertz CT molecular complexity index is 202. The molecule has 0 aliphatic heterocycles. The van der Waals surface area contributed by atoms with Gasteiger partial charge < -0.3 is 15.8 Å². The second kappa shape index (κ2) is 5.40. The zero-order chi connectivity index (χ0) is 10.4. The smallest absolute Gasteiger partial charge is 0.222 e. The summed E-state index contributed by atoms with van der Waals surface area (Å²) in [4.78, 5) is 12.8. The minimum Gasteiger partial charge on any atom is -0.409 e. The first-order valence-corrected chi connectivity index (χ1v) is 4.17. The Morgan fingerprint density at radius 3 is 2.54 bits per heavy atom. The Kier molecular flexibility index (Phi) is 4.87. The molecule has 13 heavy (non-hydrogen) atoms. The summed E-state index contributed by atoms with van der Waals surface area (Å²) in [5.41, 5.74) is 5.25. The van der Waals surface area contributed by atoms with Crippen LogP contribution in [0.2, 0.25) is 0 Å². The van der Waals surface area contributed by atoms with E-state index in [9.17, 15) is 4.79 Å². The van der Waals surface area contributed by atoms with E-state index in [1.807, 2.05) is 13.8 Å². The summed E-state index contributed by atoms with van der Waals surface area (Å²) in [6.45, 7) is 4.10. The number of oxime groups is 1. The van der Waals surface area contributed by atoms with Crippen molar-refractivity contribution in [3.05, 3.63) is 0 Å². The molecule has 3 N–H and O–H groups in total. The van der Waals surface area contributed by atoms with Crippen molar-refractivity contribution in [3.63, 3.8) is 0 Å². The standard InChI is InChI=1S/C8H17N3O2/c1-6(2)4-8(12)11(3)5-7(9)10-13/h6,13H,4-5H2,1-3H3,(H2,9,10). The van der Waals surface area contributed by atoms with Crippen molar-refractivity contribution in [1.82, 2.24) is 4.90 Å². The van der Waals surface area contributed by atoms with Crippen LogP contribution >= 0.6 is 0 Å². The monoisotopic (exact) mass is 187 g/mol. The molecule has 0 heterocycles. The SMILES string of the molecule is CC(C)CC(=O)N(C)CC(N)=NO. The Balaban J connectivity index is 3.97. The molecule has 0 unspecified atom stereocenters. The van der Waals surface area contributed by atoms with Crippen molar-refractivity contribution in [3.8, 4) is 0 Å². The molecule has 0 aliphatic rings. The van der Waals surface area contributed by atoms with Gasteiger partial charge in [-0.05, 0) is 5.92 Å². The molecule has 1 amide bonds. The summed E-state index contributed by atoms with van der Waals surface area (Å²) in [7, 11) is 1.63. The number of rotatable bonds is 4. The third-order valence-corrected chi connectivity index (χ3v) is 1.54. The van der Waals surface area contributed by atoms with Crippen molar-refractivity contribution in [2.75, 3.05) is 13.6 Å². The number of nitrogens with zero attached hydrogens (tertiary/aromatic N) is 2. The lowest BCUT2D eigenvalue weighted by Crippen LogP contribution is -2.36. The largest absolute Gasteiger partial charge is 0.409 e. The molecule has 5 heteroatoms. The summed E-state index contributed by atoms with van der Waals surface area (Å²) in [5.74, 6) is 0.364. The average Bonchev–Trinajstić information content (AvgIpc) is 2.02. The predicted octanol–water partition coefficient (Wildman–Crippen LogP) is 0.237. The highest BCUT2D eigenvalue weighted by Gasteiger charge is 2.11. The van der Waals surface area contributed by atoms with Crippen LogP contribution in [0.3, 0.4) is 0 Å². The van der Waals surface area contributed by atoms with Crippen LogP contribution < -0.4 is 5.73 Å². The van der Waals surface area contributed by atoms with Gasteiger partial charge in [-0.15, -0.1) is 0 Å². The van der Waals surface area contributed by atoms with Crippen molar-refractivity contribution >= 4 is 11.7 Å². The van der Waals surface area contributed by atoms with E-state index in [1.54, 1.807) is 7.05 Å². The topological polar surface area (TPSA) is 78.9 Å². The number of carbonyl (C=O) groups excluding carboxylic acids is 1. The van der Waals surface area contributed by atoms with E-state index < -0.39 is 0 Å². The van der Waals surface area contributed by atoms with Gasteiger partial charge in [0.1, 0.15) is 0 Å². The summed E-state index contributed by atoms with van der Waals surface area (Å²) in [6, 6.07) is 0. The third-order valence-electron chi connectivity index (χ3n) is 1.54. The maximum Gasteiger partial charge on any atom is 0.222 e. The van der Waals surface area contributed by atoms with Crippen LogP contribution in [0, 0.1) is 5.92 Å². The van der Waals surface area contributed by atoms with Crippen LogP contribution in [-0.2, 0) is 4.79 Å². The highest BCUT2D eigenvalue weighted by molar-refractivity contribution is 5.86. The van der Waals surface area contributed by atoms with Crippen LogP contribution in [0.4, 0.5) is 0 Å². The van der Waals surface area contributed by atoms with Gasteiger partial charge in [-0.25, -0.2) is 0 Å². The molecule has 0 rings (SSSR count). The fourth-order valence-corrected chi connectivity index (χ4v) is 0.868. The van der Waals surface area contributed by atoms with Gasteiger partial charge in [0.15, 0.2) is 5.84 Å². The zero-order valence-corrected chi connectivity index (χ0v) is 8.32. The van der Waals surface area contributed by atoms with E-state index in [0.29, 0.717) is 12.3 Å². The quantitative estimate of drug-likeness (QED) is 0.286. The van der Waals surface area contributed by atoms with Crippen LogP contribution in [0.15, 0.2) is 5.16 Å². The molecule has 0 aromatic carbocycles. The molecule has 76 valence electrons. The second-order valence-electron chi connectivity index (χ2n) is 3.44. The number of hydrogen-bond donors (Lipinski definition) is 2. The number of amides is 1. The fourth-order valence-electron chi connectivity index (χ4n) is 0.868. The van der Waals surface area contributed by atoms with Gasteiger partial charge in [0.2, 0.25) is 5.91 Å². The van der Waals surface area contributed by atoms with E-state index >= 15 is 0 Å². The van der Waals surface area contributed by atoms with E-state index in [0.717, 1.165) is 0 Å². The van der Waals surface area contributed by atoms with Crippen LogP contribution in [0.5, 0.6) is 0 Å². The highest BCUT2D eigenvalue weighted by atomic mass is 16.4. The lowest BCUT2D eigenvalue weighted by atomic mass is 10.1. The van der Waals surface area contributed by atoms with E-state index in [2.05, 4.69) is 5.16 Å². The maximum absolute atomic E-state index is 11.3. The van der Waals surface area contributed by atoms with Crippen molar-refractivity contribution in [2.24, 2.45) is 16.8 Å². The Hall–Kier alpha value is -1.26. The highest BCUT2D eigenvalue weighted by Crippen LogP contribution is 2.02. The normalized spacial score (nSPS) is 11.8. The lowest BCUT2D eigenvalue weighted by molar-refractivity contribution is -0.129. The summed E-state index contributed by atoms with van der Waals surface area (Å²) in [6.07, 6.45) is 0.481. The van der Waals surface area contributed by atoms with Gasteiger partial charge in [-0.3, -0.25) is 4.79 Å². The van der Waals surface area contributed by atoms with E-state index in [-0.39, 0.29) is 18.3 Å². The van der Waals surface area contributed by atoms with Crippen molar-refractivity contribution in [2.45, 2.75) is 20.3 Å². The molecule has 0 fully saturated rings. The number of likely N-dealkylation sites (N-methyl/N-ethyl adjacent to an activating group) is 1. The van der Waals surface area contributed by atoms with Gasteiger partial charge in [0.25, 0.3) is 0 Å². The van der Waals surface area contributed by atoms with Crippen molar-refractivity contribution in [1.29, 1.82) is 0 Å². The first-order valence-electron chi connectivity index (χ1n) is 4.17. The molecule has 0 bridgehead atoms. The molecule has 0 aliphatic carbocycles. The first-order chi connectivity index (χ1) is 5.97. The van der Waals surface area contributed by atoms with Gasteiger partial charge >= 0.3 is 0 Å². The van der Waals surface area contributed by atoms with Crippen LogP contribution in [0.25, 0.3) is 0 Å².